The second-order valence-corrected chi connectivity index (χ2v) is 6.38. The highest BCUT2D eigenvalue weighted by atomic mass is 16.5. The van der Waals surface area contributed by atoms with Gasteiger partial charge in [0.2, 0.25) is 5.91 Å². The van der Waals surface area contributed by atoms with Crippen LogP contribution in [0.1, 0.15) is 43.9 Å². The van der Waals surface area contributed by atoms with E-state index in [2.05, 4.69) is 17.1 Å². The fourth-order valence-corrected chi connectivity index (χ4v) is 3.14. The van der Waals surface area contributed by atoms with Gasteiger partial charge in [0.15, 0.2) is 0 Å². The molecule has 2 bridgehead atoms. The summed E-state index contributed by atoms with van der Waals surface area (Å²) in [7, 11) is 0. The van der Waals surface area contributed by atoms with Gasteiger partial charge in [0.05, 0.1) is 24.1 Å². The van der Waals surface area contributed by atoms with E-state index >= 15 is 0 Å². The fourth-order valence-electron chi connectivity index (χ4n) is 3.14. The Kier molecular flexibility index (Phi) is 3.26. The molecule has 1 aromatic rings. The number of carbonyl (C=O) groups is 1. The van der Waals surface area contributed by atoms with Crippen molar-refractivity contribution >= 4 is 5.91 Å². The number of rotatable bonds is 2. The Morgan fingerprint density at radius 3 is 2.95 bits per heavy atom. The van der Waals surface area contributed by atoms with Crippen molar-refractivity contribution in [2.45, 2.75) is 38.8 Å². The van der Waals surface area contributed by atoms with Crippen molar-refractivity contribution < 1.29 is 9.53 Å². The van der Waals surface area contributed by atoms with Crippen molar-refractivity contribution in [3.8, 4) is 17.9 Å². The maximum absolute atomic E-state index is 12.8. The van der Waals surface area contributed by atoms with Gasteiger partial charge in [0.25, 0.3) is 0 Å². The van der Waals surface area contributed by atoms with Crippen LogP contribution in [0.4, 0.5) is 0 Å². The highest BCUT2D eigenvalue weighted by Crippen LogP contribution is 2.45. The van der Waals surface area contributed by atoms with Gasteiger partial charge in [-0.25, -0.2) is 0 Å². The predicted molar refractivity (Wildman–Crippen MR) is 76.5 cm³/mol. The molecular formula is C16H16N4O2. The van der Waals surface area contributed by atoms with Crippen molar-refractivity contribution in [1.29, 1.82) is 10.5 Å². The van der Waals surface area contributed by atoms with E-state index in [9.17, 15) is 10.1 Å². The third-order valence-corrected chi connectivity index (χ3v) is 4.31. The molecule has 0 unspecified atom stereocenters. The van der Waals surface area contributed by atoms with Crippen molar-refractivity contribution in [3.05, 3.63) is 23.5 Å². The lowest BCUT2D eigenvalue weighted by Gasteiger charge is -2.31. The number of hydrogen-bond donors (Lipinski definition) is 0. The number of nitrogens with zero attached hydrogens (tertiary/aromatic N) is 4. The van der Waals surface area contributed by atoms with E-state index in [0.717, 1.165) is 5.56 Å². The van der Waals surface area contributed by atoms with Crippen LogP contribution < -0.4 is 4.74 Å². The van der Waals surface area contributed by atoms with Crippen LogP contribution in [0.25, 0.3) is 0 Å². The largest absolute Gasteiger partial charge is 0.487 e. The zero-order chi connectivity index (χ0) is 15.9. The predicted octanol–water partition coefficient (Wildman–Crippen LogP) is 1.93. The van der Waals surface area contributed by atoms with Crippen LogP contribution >= 0.6 is 0 Å². The molecule has 6 nitrogen and oxygen atoms in total. The molecule has 0 N–H and O–H groups in total. The summed E-state index contributed by atoms with van der Waals surface area (Å²) in [5.41, 5.74) is 0.457. The average molecular weight is 296 g/mol. The summed E-state index contributed by atoms with van der Waals surface area (Å²) >= 11 is 0. The van der Waals surface area contributed by atoms with Crippen LogP contribution in [-0.4, -0.2) is 28.4 Å². The van der Waals surface area contributed by atoms with E-state index in [4.69, 9.17) is 10.00 Å². The van der Waals surface area contributed by atoms with Gasteiger partial charge >= 0.3 is 0 Å². The van der Waals surface area contributed by atoms with Crippen molar-refractivity contribution in [1.82, 2.24) is 9.88 Å². The molecule has 6 heteroatoms. The van der Waals surface area contributed by atoms with Crippen LogP contribution in [0.2, 0.25) is 0 Å². The summed E-state index contributed by atoms with van der Waals surface area (Å²) in [5, 5.41) is 18.1. The van der Waals surface area contributed by atoms with Crippen LogP contribution in [0.5, 0.6) is 5.75 Å². The molecule has 1 amide bonds. The van der Waals surface area contributed by atoms with Crippen molar-refractivity contribution in [2.75, 3.05) is 6.54 Å². The standard InChI is InChI=1S/C16H16N4O2/c1-16(2,3-4-17)15(21)20-9-11-5-13(20)12-8-19-7-10(6-18)14(12)22-11/h7-8,11,13H,3,5,9H2,1-2H3/t11-,13-/m0/s1. The molecule has 3 rings (SSSR count). The molecule has 0 aliphatic carbocycles. The van der Waals surface area contributed by atoms with Gasteiger partial charge in [-0.3, -0.25) is 9.78 Å². The maximum atomic E-state index is 12.8. The zero-order valence-electron chi connectivity index (χ0n) is 12.5. The first kappa shape index (κ1) is 14.3. The summed E-state index contributed by atoms with van der Waals surface area (Å²) in [6.45, 7) is 4.05. The van der Waals surface area contributed by atoms with Crippen molar-refractivity contribution in [3.63, 3.8) is 0 Å². The Labute approximate surface area is 128 Å². The van der Waals surface area contributed by atoms with Gasteiger partial charge in [-0.1, -0.05) is 13.8 Å². The van der Waals surface area contributed by atoms with E-state index in [0.29, 0.717) is 24.3 Å². The third-order valence-electron chi connectivity index (χ3n) is 4.31. The first-order chi connectivity index (χ1) is 10.5. The topological polar surface area (TPSA) is 90.0 Å². The van der Waals surface area contributed by atoms with Gasteiger partial charge in [-0.2, -0.15) is 10.5 Å². The summed E-state index contributed by atoms with van der Waals surface area (Å²) in [6, 6.07) is 4.03. The van der Waals surface area contributed by atoms with Crippen LogP contribution in [0, 0.1) is 28.1 Å². The Morgan fingerprint density at radius 2 is 2.27 bits per heavy atom. The number of carbonyl (C=O) groups excluding carboxylic acids is 1. The summed E-state index contributed by atoms with van der Waals surface area (Å²) in [5.74, 6) is 0.493. The number of hydrogen-bond acceptors (Lipinski definition) is 5. The maximum Gasteiger partial charge on any atom is 0.229 e. The minimum Gasteiger partial charge on any atom is -0.487 e. The van der Waals surface area contributed by atoms with Crippen LogP contribution in [0.15, 0.2) is 12.4 Å². The number of likely N-dealkylation sites (tertiary alicyclic amines) is 1. The van der Waals surface area contributed by atoms with E-state index in [-0.39, 0.29) is 24.5 Å². The molecule has 0 aromatic carbocycles. The number of fused-ring (bicyclic) bond motifs is 4. The minimum absolute atomic E-state index is 0.0552. The lowest BCUT2D eigenvalue weighted by Crippen LogP contribution is -2.40. The molecule has 1 saturated heterocycles. The Bertz CT molecular complexity index is 714. The van der Waals surface area contributed by atoms with E-state index in [1.54, 1.807) is 24.9 Å². The Balaban J connectivity index is 1.97. The first-order valence-electron chi connectivity index (χ1n) is 7.20. The molecule has 2 atom stereocenters. The molecule has 0 saturated carbocycles. The lowest BCUT2D eigenvalue weighted by atomic mass is 9.87. The SMILES string of the molecule is CC(C)(CC#N)C(=O)N1C[C@@H]2C[C@H]1c1cncc(C#N)c1O2. The molecule has 112 valence electrons. The lowest BCUT2D eigenvalue weighted by molar-refractivity contribution is -0.141. The quantitative estimate of drug-likeness (QED) is 0.831. The van der Waals surface area contributed by atoms with Gasteiger partial charge in [-0.15, -0.1) is 0 Å². The summed E-state index contributed by atoms with van der Waals surface area (Å²) in [4.78, 5) is 18.7. The van der Waals surface area contributed by atoms with Crippen molar-refractivity contribution in [2.24, 2.45) is 5.41 Å². The number of pyridine rings is 1. The molecule has 2 aliphatic heterocycles. The molecule has 1 fully saturated rings. The summed E-state index contributed by atoms with van der Waals surface area (Å²) < 4.78 is 5.88. The highest BCUT2D eigenvalue weighted by Gasteiger charge is 2.46. The van der Waals surface area contributed by atoms with Gasteiger partial charge in [-0.05, 0) is 0 Å². The van der Waals surface area contributed by atoms with Gasteiger partial charge in [0.1, 0.15) is 23.5 Å². The van der Waals surface area contributed by atoms with E-state index in [1.165, 1.54) is 6.20 Å². The molecule has 1 aromatic heterocycles. The third kappa shape index (κ3) is 2.08. The molecule has 22 heavy (non-hydrogen) atoms. The second-order valence-electron chi connectivity index (χ2n) is 6.38. The number of amides is 1. The molecule has 0 radical (unpaired) electrons. The van der Waals surface area contributed by atoms with E-state index < -0.39 is 5.41 Å². The normalized spacial score (nSPS) is 22.3. The number of aromatic nitrogens is 1. The van der Waals surface area contributed by atoms with E-state index in [1.807, 2.05) is 0 Å². The molecule has 2 aliphatic rings. The Hall–Kier alpha value is -2.60. The first-order valence-corrected chi connectivity index (χ1v) is 7.20. The van der Waals surface area contributed by atoms with Gasteiger partial charge < -0.3 is 9.64 Å². The number of ether oxygens (including phenoxy) is 1. The highest BCUT2D eigenvalue weighted by molar-refractivity contribution is 5.83. The van der Waals surface area contributed by atoms with Crippen LogP contribution in [-0.2, 0) is 4.79 Å². The Morgan fingerprint density at radius 1 is 1.50 bits per heavy atom. The molecule has 0 spiro atoms. The van der Waals surface area contributed by atoms with Crippen LogP contribution in [0.3, 0.4) is 0 Å². The molecule has 3 heterocycles. The number of nitriles is 2. The zero-order valence-corrected chi connectivity index (χ0v) is 12.5. The second kappa shape index (κ2) is 4.99. The smallest absolute Gasteiger partial charge is 0.229 e. The van der Waals surface area contributed by atoms with Gasteiger partial charge in [0, 0.05) is 30.8 Å². The summed E-state index contributed by atoms with van der Waals surface area (Å²) in [6.07, 6.45) is 3.92. The fraction of sp³-hybridized carbons (Fsp3) is 0.500. The average Bonchev–Trinajstić information content (AvgIpc) is 2.84. The molecular weight excluding hydrogens is 280 g/mol. The minimum atomic E-state index is -0.730. The monoisotopic (exact) mass is 296 g/mol.